The number of hydrogen-bond acceptors (Lipinski definition) is 6. The van der Waals surface area contributed by atoms with Crippen molar-refractivity contribution in [3.63, 3.8) is 0 Å². The maximum absolute atomic E-state index is 12.1. The number of anilines is 1. The Kier molecular flexibility index (Phi) is 6.10. The van der Waals surface area contributed by atoms with E-state index in [1.165, 1.54) is 6.26 Å². The van der Waals surface area contributed by atoms with Crippen LogP contribution in [0.15, 0.2) is 12.1 Å². The van der Waals surface area contributed by atoms with E-state index in [1.54, 1.807) is 12.1 Å². The standard InChI is InChI=1S/C13H22N4O3S/c1-9(2)11-7-10(8-12(16-11)17-14)13(18)15-5-4-6-21(3,19)20/h7-9H,4-6,14H2,1-3H3,(H,15,18)(H,16,17). The second-order valence-electron chi connectivity index (χ2n) is 5.20. The van der Waals surface area contributed by atoms with Crippen LogP contribution in [0, 0.1) is 0 Å². The highest BCUT2D eigenvalue weighted by atomic mass is 32.2. The zero-order valence-electron chi connectivity index (χ0n) is 12.5. The minimum atomic E-state index is -3.00. The lowest BCUT2D eigenvalue weighted by Crippen LogP contribution is -2.26. The highest BCUT2D eigenvalue weighted by Crippen LogP contribution is 2.17. The van der Waals surface area contributed by atoms with Crippen LogP contribution in [-0.4, -0.2) is 37.9 Å². The molecule has 7 nitrogen and oxygen atoms in total. The summed E-state index contributed by atoms with van der Waals surface area (Å²) >= 11 is 0. The van der Waals surface area contributed by atoms with E-state index < -0.39 is 9.84 Å². The van der Waals surface area contributed by atoms with E-state index in [2.05, 4.69) is 15.7 Å². The van der Waals surface area contributed by atoms with Crippen LogP contribution in [0.25, 0.3) is 0 Å². The van der Waals surface area contributed by atoms with Gasteiger partial charge in [0.1, 0.15) is 15.7 Å². The fourth-order valence-electron chi connectivity index (χ4n) is 1.69. The topological polar surface area (TPSA) is 114 Å². The monoisotopic (exact) mass is 314 g/mol. The first-order valence-corrected chi connectivity index (χ1v) is 8.73. The van der Waals surface area contributed by atoms with E-state index in [0.29, 0.717) is 24.3 Å². The molecule has 1 aromatic rings. The molecule has 0 bridgehead atoms. The number of nitrogens with two attached hydrogens (primary N) is 1. The Morgan fingerprint density at radius 2 is 2.05 bits per heavy atom. The largest absolute Gasteiger partial charge is 0.352 e. The molecule has 1 aromatic heterocycles. The number of carbonyl (C=O) groups is 1. The van der Waals surface area contributed by atoms with Crippen LogP contribution in [0.2, 0.25) is 0 Å². The van der Waals surface area contributed by atoms with Crippen molar-refractivity contribution >= 4 is 21.6 Å². The minimum Gasteiger partial charge on any atom is -0.352 e. The number of carbonyl (C=O) groups excluding carboxylic acids is 1. The second-order valence-corrected chi connectivity index (χ2v) is 7.46. The van der Waals surface area contributed by atoms with Crippen molar-refractivity contribution < 1.29 is 13.2 Å². The van der Waals surface area contributed by atoms with Gasteiger partial charge in [0.2, 0.25) is 0 Å². The summed E-state index contributed by atoms with van der Waals surface area (Å²) in [7, 11) is -3.00. The number of sulfone groups is 1. The van der Waals surface area contributed by atoms with Gasteiger partial charge in [-0.25, -0.2) is 19.2 Å². The molecule has 0 saturated heterocycles. The fourth-order valence-corrected chi connectivity index (χ4v) is 2.36. The fraction of sp³-hybridized carbons (Fsp3) is 0.538. The summed E-state index contributed by atoms with van der Waals surface area (Å²) in [5.74, 6) is 5.71. The van der Waals surface area contributed by atoms with Crippen LogP contribution in [0.4, 0.5) is 5.82 Å². The van der Waals surface area contributed by atoms with E-state index in [1.807, 2.05) is 13.8 Å². The normalized spacial score (nSPS) is 11.5. The molecule has 0 aliphatic rings. The van der Waals surface area contributed by atoms with Gasteiger partial charge in [-0.3, -0.25) is 4.79 Å². The number of nitrogen functional groups attached to an aromatic ring is 1. The van der Waals surface area contributed by atoms with E-state index in [9.17, 15) is 13.2 Å². The average molecular weight is 314 g/mol. The molecule has 1 rings (SSSR count). The van der Waals surface area contributed by atoms with Crippen molar-refractivity contribution in [1.29, 1.82) is 0 Å². The Morgan fingerprint density at radius 3 is 2.57 bits per heavy atom. The summed E-state index contributed by atoms with van der Waals surface area (Å²) in [6, 6.07) is 3.26. The van der Waals surface area contributed by atoms with Gasteiger partial charge < -0.3 is 10.7 Å². The molecule has 21 heavy (non-hydrogen) atoms. The molecule has 1 heterocycles. The third-order valence-electron chi connectivity index (χ3n) is 2.82. The molecule has 0 spiro atoms. The van der Waals surface area contributed by atoms with Gasteiger partial charge in [-0.1, -0.05) is 13.8 Å². The SMILES string of the molecule is CC(C)c1cc(C(=O)NCCCS(C)(=O)=O)cc(NN)n1. The molecule has 4 N–H and O–H groups in total. The third kappa shape index (κ3) is 6.09. The number of pyridine rings is 1. The van der Waals surface area contributed by atoms with Crippen LogP contribution >= 0.6 is 0 Å². The van der Waals surface area contributed by atoms with Gasteiger partial charge in [-0.15, -0.1) is 0 Å². The molecular weight excluding hydrogens is 292 g/mol. The lowest BCUT2D eigenvalue weighted by molar-refractivity contribution is 0.0953. The third-order valence-corrected chi connectivity index (χ3v) is 3.85. The summed E-state index contributed by atoms with van der Waals surface area (Å²) in [6.45, 7) is 4.24. The Hall–Kier alpha value is -1.67. The van der Waals surface area contributed by atoms with Gasteiger partial charge in [-0.05, 0) is 24.5 Å². The molecule has 1 amide bonds. The zero-order chi connectivity index (χ0) is 16.0. The summed E-state index contributed by atoms with van der Waals surface area (Å²) < 4.78 is 22.0. The van der Waals surface area contributed by atoms with Crippen molar-refractivity contribution in [2.45, 2.75) is 26.2 Å². The second kappa shape index (κ2) is 7.37. The molecule has 8 heteroatoms. The first-order valence-electron chi connectivity index (χ1n) is 6.67. The summed E-state index contributed by atoms with van der Waals surface area (Å²) in [5, 5.41) is 2.69. The summed E-state index contributed by atoms with van der Waals surface area (Å²) in [5.41, 5.74) is 3.64. The summed E-state index contributed by atoms with van der Waals surface area (Å²) in [6.07, 6.45) is 1.56. The van der Waals surface area contributed by atoms with Gasteiger partial charge in [0, 0.05) is 24.1 Å². The van der Waals surface area contributed by atoms with Crippen molar-refractivity contribution in [1.82, 2.24) is 10.3 Å². The van der Waals surface area contributed by atoms with E-state index in [0.717, 1.165) is 5.69 Å². The minimum absolute atomic E-state index is 0.0521. The quantitative estimate of drug-likeness (QED) is 0.387. The van der Waals surface area contributed by atoms with Crippen LogP contribution in [0.3, 0.4) is 0 Å². The van der Waals surface area contributed by atoms with Crippen LogP contribution < -0.4 is 16.6 Å². The van der Waals surface area contributed by atoms with Crippen molar-refractivity contribution in [3.05, 3.63) is 23.4 Å². The van der Waals surface area contributed by atoms with Gasteiger partial charge in [0.15, 0.2) is 0 Å². The number of nitrogens with one attached hydrogen (secondary N) is 2. The van der Waals surface area contributed by atoms with Crippen LogP contribution in [0.1, 0.15) is 42.2 Å². The Labute approximate surface area is 125 Å². The van der Waals surface area contributed by atoms with Gasteiger partial charge >= 0.3 is 0 Å². The van der Waals surface area contributed by atoms with Gasteiger partial charge in [0.25, 0.3) is 5.91 Å². The van der Waals surface area contributed by atoms with Crippen molar-refractivity contribution in [2.24, 2.45) is 5.84 Å². The Bertz CT molecular complexity index is 599. The lowest BCUT2D eigenvalue weighted by Gasteiger charge is -2.11. The molecule has 0 radical (unpaired) electrons. The molecule has 118 valence electrons. The highest BCUT2D eigenvalue weighted by molar-refractivity contribution is 7.90. The number of hydrazine groups is 1. The highest BCUT2D eigenvalue weighted by Gasteiger charge is 2.11. The van der Waals surface area contributed by atoms with Gasteiger partial charge in [0.05, 0.1) is 5.75 Å². The predicted octanol–water partition coefficient (Wildman–Crippen LogP) is 0.655. The maximum atomic E-state index is 12.1. The van der Waals surface area contributed by atoms with E-state index in [4.69, 9.17) is 5.84 Å². The van der Waals surface area contributed by atoms with Crippen molar-refractivity contribution in [2.75, 3.05) is 24.0 Å². The first kappa shape index (κ1) is 17.4. The van der Waals surface area contributed by atoms with Crippen molar-refractivity contribution in [3.8, 4) is 0 Å². The number of rotatable bonds is 7. The molecule has 0 aliphatic carbocycles. The molecule has 0 fully saturated rings. The number of amides is 1. The molecule has 0 aromatic carbocycles. The molecule has 0 saturated carbocycles. The van der Waals surface area contributed by atoms with Crippen LogP contribution in [-0.2, 0) is 9.84 Å². The first-order chi connectivity index (χ1) is 9.73. The smallest absolute Gasteiger partial charge is 0.251 e. The van der Waals surface area contributed by atoms with Gasteiger partial charge in [-0.2, -0.15) is 0 Å². The zero-order valence-corrected chi connectivity index (χ0v) is 13.3. The Balaban J connectivity index is 2.71. The molecular formula is C13H22N4O3S. The Morgan fingerprint density at radius 1 is 1.38 bits per heavy atom. The lowest BCUT2D eigenvalue weighted by atomic mass is 10.1. The average Bonchev–Trinajstić information content (AvgIpc) is 2.41. The maximum Gasteiger partial charge on any atom is 0.251 e. The summed E-state index contributed by atoms with van der Waals surface area (Å²) in [4.78, 5) is 16.3. The van der Waals surface area contributed by atoms with E-state index in [-0.39, 0.29) is 17.6 Å². The number of aromatic nitrogens is 1. The van der Waals surface area contributed by atoms with Crippen LogP contribution in [0.5, 0.6) is 0 Å². The number of nitrogens with zero attached hydrogens (tertiary/aromatic N) is 1. The molecule has 0 aliphatic heterocycles. The predicted molar refractivity (Wildman–Crippen MR) is 82.8 cm³/mol. The molecule has 0 unspecified atom stereocenters. The van der Waals surface area contributed by atoms with E-state index >= 15 is 0 Å². The molecule has 0 atom stereocenters. The number of hydrogen-bond donors (Lipinski definition) is 3.